The second-order valence-corrected chi connectivity index (χ2v) is 13.6. The van der Waals surface area contributed by atoms with Crippen molar-refractivity contribution in [3.63, 3.8) is 0 Å². The van der Waals surface area contributed by atoms with Crippen molar-refractivity contribution in [2.24, 2.45) is 0 Å². The van der Waals surface area contributed by atoms with Gasteiger partial charge in [-0.2, -0.15) is 0 Å². The van der Waals surface area contributed by atoms with E-state index in [9.17, 15) is 0 Å². The van der Waals surface area contributed by atoms with Gasteiger partial charge in [-0.05, 0) is 89.3 Å². The summed E-state index contributed by atoms with van der Waals surface area (Å²) >= 11 is 1.93. The van der Waals surface area contributed by atoms with Gasteiger partial charge in [0.25, 0.3) is 0 Å². The molecule has 0 spiro atoms. The average molecular weight is 606 g/mol. The van der Waals surface area contributed by atoms with Gasteiger partial charge in [0.15, 0.2) is 0 Å². The minimum atomic E-state index is 0.441. The lowest BCUT2D eigenvalue weighted by molar-refractivity contribution is 0.878. The first kappa shape index (κ1) is 26.0. The van der Waals surface area contributed by atoms with Gasteiger partial charge in [-0.1, -0.05) is 153 Å². The highest BCUT2D eigenvalue weighted by atomic mass is 32.1. The number of benzene rings is 8. The zero-order valence-electron chi connectivity index (χ0n) is 26.8. The molecule has 0 saturated heterocycles. The summed E-state index contributed by atoms with van der Waals surface area (Å²) in [5.41, 5.74) is 8.90. The van der Waals surface area contributed by atoms with Crippen molar-refractivity contribution >= 4 is 63.8 Å². The van der Waals surface area contributed by atoms with E-state index in [-0.39, 0.29) is 0 Å². The predicted molar refractivity (Wildman–Crippen MR) is 202 cm³/mol. The molecule has 8 aromatic carbocycles. The monoisotopic (exact) mass is 605 g/mol. The largest absolute Gasteiger partial charge is 0.135 e. The van der Waals surface area contributed by atoms with Gasteiger partial charge in [0, 0.05) is 20.2 Å². The van der Waals surface area contributed by atoms with E-state index < -0.39 is 0 Å². The number of thiophene rings is 1. The van der Waals surface area contributed by atoms with E-state index in [4.69, 9.17) is 1.37 Å². The van der Waals surface area contributed by atoms with Gasteiger partial charge in [0.1, 0.15) is 0 Å². The van der Waals surface area contributed by atoms with Crippen molar-refractivity contribution in [2.45, 2.75) is 19.8 Å². The van der Waals surface area contributed by atoms with Gasteiger partial charge < -0.3 is 0 Å². The van der Waals surface area contributed by atoms with Crippen LogP contribution in [0.5, 0.6) is 0 Å². The summed E-state index contributed by atoms with van der Waals surface area (Å²) in [4.78, 5) is 0. The number of rotatable bonds is 4. The van der Waals surface area contributed by atoms with Crippen LogP contribution in [-0.2, 0) is 0 Å². The van der Waals surface area contributed by atoms with Gasteiger partial charge in [0.05, 0.1) is 1.37 Å². The molecule has 0 fully saturated rings. The van der Waals surface area contributed by atoms with Gasteiger partial charge in [-0.15, -0.1) is 11.3 Å². The third-order valence-electron chi connectivity index (χ3n) is 9.57. The Morgan fingerprint density at radius 3 is 1.80 bits per heavy atom. The Balaban J connectivity index is 1.38. The Kier molecular flexibility index (Phi) is 6.05. The normalized spacial score (nSPS) is 12.2. The van der Waals surface area contributed by atoms with Crippen LogP contribution in [0.4, 0.5) is 0 Å². The van der Waals surface area contributed by atoms with E-state index in [0.29, 0.717) is 12.0 Å². The lowest BCUT2D eigenvalue weighted by Gasteiger charge is -2.21. The molecule has 9 aromatic rings. The molecule has 0 aliphatic rings. The van der Waals surface area contributed by atoms with E-state index in [2.05, 4.69) is 147 Å². The molecule has 0 nitrogen and oxygen atoms in total. The Morgan fingerprint density at radius 2 is 1.11 bits per heavy atom. The SMILES string of the molecule is [2H]c1ccc2cc(-c3ccccc3-c3c4ccccc4c(-c4ccc(C(C)C)c5sc6ccccc6c45)c4ccccc34)ccc2c1. The summed E-state index contributed by atoms with van der Waals surface area (Å²) < 4.78 is 10.8. The molecule has 0 atom stereocenters. The van der Waals surface area contributed by atoms with Crippen LogP contribution in [0.3, 0.4) is 0 Å². The van der Waals surface area contributed by atoms with E-state index in [1.807, 2.05) is 23.5 Å². The number of hydrogen-bond donors (Lipinski definition) is 0. The van der Waals surface area contributed by atoms with Crippen LogP contribution in [0.25, 0.3) is 85.9 Å². The molecule has 0 radical (unpaired) electrons. The molecule has 218 valence electrons. The van der Waals surface area contributed by atoms with Crippen LogP contribution in [-0.4, -0.2) is 0 Å². The van der Waals surface area contributed by atoms with Crippen molar-refractivity contribution in [1.82, 2.24) is 0 Å². The first-order chi connectivity index (χ1) is 23.1. The molecule has 0 N–H and O–H groups in total. The van der Waals surface area contributed by atoms with Gasteiger partial charge in [-0.25, -0.2) is 0 Å². The van der Waals surface area contributed by atoms with Crippen LogP contribution in [0, 0.1) is 0 Å². The zero-order chi connectivity index (χ0) is 31.6. The molecule has 46 heavy (non-hydrogen) atoms. The molecule has 1 heterocycles. The lowest BCUT2D eigenvalue weighted by atomic mass is 9.82. The topological polar surface area (TPSA) is 0 Å². The Labute approximate surface area is 274 Å². The Morgan fingerprint density at radius 1 is 0.500 bits per heavy atom. The minimum absolute atomic E-state index is 0.441. The maximum absolute atomic E-state index is 8.08. The van der Waals surface area contributed by atoms with E-state index in [1.165, 1.54) is 80.7 Å². The van der Waals surface area contributed by atoms with Crippen LogP contribution in [0.15, 0.2) is 152 Å². The lowest BCUT2D eigenvalue weighted by Crippen LogP contribution is -1.94. The van der Waals surface area contributed by atoms with E-state index in [1.54, 1.807) is 0 Å². The van der Waals surface area contributed by atoms with Crippen molar-refractivity contribution in [3.05, 3.63) is 157 Å². The van der Waals surface area contributed by atoms with Crippen LogP contribution in [0.2, 0.25) is 0 Å². The highest BCUT2D eigenvalue weighted by Crippen LogP contribution is 2.50. The fourth-order valence-corrected chi connectivity index (χ4v) is 8.86. The maximum atomic E-state index is 8.08. The third kappa shape index (κ3) is 4.12. The molecule has 9 rings (SSSR count). The average Bonchev–Trinajstić information content (AvgIpc) is 3.50. The summed E-state index contributed by atoms with van der Waals surface area (Å²) in [5.74, 6) is 0.441. The van der Waals surface area contributed by atoms with Crippen molar-refractivity contribution < 1.29 is 1.37 Å². The molecular weight excluding hydrogens is 573 g/mol. The van der Waals surface area contributed by atoms with E-state index in [0.717, 1.165) is 10.8 Å². The molecule has 0 amide bonds. The zero-order valence-corrected chi connectivity index (χ0v) is 26.7. The summed E-state index contributed by atoms with van der Waals surface area (Å²) in [7, 11) is 0. The molecule has 0 bridgehead atoms. The quantitative estimate of drug-likeness (QED) is 0.175. The van der Waals surface area contributed by atoms with Gasteiger partial charge in [-0.3, -0.25) is 0 Å². The van der Waals surface area contributed by atoms with Gasteiger partial charge in [0.2, 0.25) is 0 Å². The maximum Gasteiger partial charge on any atom is 0.0623 e. The fraction of sp³-hybridized carbons (Fsp3) is 0.0667. The number of fused-ring (bicyclic) bond motifs is 6. The summed E-state index contributed by atoms with van der Waals surface area (Å²) in [6.07, 6.45) is 0. The van der Waals surface area contributed by atoms with Crippen LogP contribution in [0.1, 0.15) is 26.7 Å². The second-order valence-electron chi connectivity index (χ2n) is 12.5. The van der Waals surface area contributed by atoms with Crippen LogP contribution < -0.4 is 0 Å². The first-order valence-electron chi connectivity index (χ1n) is 16.5. The second kappa shape index (κ2) is 10.7. The Bertz CT molecular complexity index is 2620. The molecule has 0 saturated carbocycles. The summed E-state index contributed by atoms with van der Waals surface area (Å²) in [6.45, 7) is 4.61. The molecule has 0 unspecified atom stereocenters. The molecule has 1 aromatic heterocycles. The summed E-state index contributed by atoms with van der Waals surface area (Å²) in [5, 5.41) is 10.00. The van der Waals surface area contributed by atoms with E-state index >= 15 is 0 Å². The molecule has 1 heteroatoms. The van der Waals surface area contributed by atoms with Crippen LogP contribution >= 0.6 is 11.3 Å². The predicted octanol–water partition coefficient (Wildman–Crippen LogP) is 13.6. The highest BCUT2D eigenvalue weighted by Gasteiger charge is 2.22. The smallest absolute Gasteiger partial charge is 0.0623 e. The van der Waals surface area contributed by atoms with Gasteiger partial charge >= 0.3 is 0 Å². The van der Waals surface area contributed by atoms with Crippen molar-refractivity contribution in [3.8, 4) is 33.4 Å². The minimum Gasteiger partial charge on any atom is -0.135 e. The molecular formula is C45H32S. The standard InChI is InChI=1S/C45H32S/c1-28(2)32-25-26-40(44-39-21-11-12-22-41(39)46-45(32)44)43-37-19-9-7-17-35(37)42(36-18-8-10-20-38(36)43)34-16-6-5-15-33(34)31-24-23-29-13-3-4-14-30(29)27-31/h3-28H,1-2H3/i3D. The molecule has 0 aliphatic carbocycles. The molecule has 0 aliphatic heterocycles. The van der Waals surface area contributed by atoms with Crippen molar-refractivity contribution in [2.75, 3.05) is 0 Å². The first-order valence-corrected chi connectivity index (χ1v) is 16.9. The highest BCUT2D eigenvalue weighted by molar-refractivity contribution is 7.26. The summed E-state index contributed by atoms with van der Waals surface area (Å²) in [6, 6.07) is 53.5. The fourth-order valence-electron chi connectivity index (χ4n) is 7.47. The number of hydrogen-bond acceptors (Lipinski definition) is 1. The third-order valence-corrected chi connectivity index (χ3v) is 10.8. The Hall–Kier alpha value is -5.24. The van der Waals surface area contributed by atoms with Crippen molar-refractivity contribution in [1.29, 1.82) is 0 Å².